The van der Waals surface area contributed by atoms with Gasteiger partial charge in [-0.25, -0.2) is 0 Å². The quantitative estimate of drug-likeness (QED) is 0.571. The van der Waals surface area contributed by atoms with Crippen molar-refractivity contribution in [2.24, 2.45) is 0 Å². The lowest BCUT2D eigenvalue weighted by Gasteiger charge is -2.25. The number of rotatable bonds is 0. The van der Waals surface area contributed by atoms with E-state index in [0.29, 0.717) is 6.61 Å². The molecular formula is C8H14O4. The zero-order chi connectivity index (χ0) is 8.98. The van der Waals surface area contributed by atoms with Gasteiger partial charge in [0.25, 0.3) is 0 Å². The highest BCUT2D eigenvalue weighted by Gasteiger charge is 2.59. The number of hydrogen-bond donors (Lipinski definition) is 1. The smallest absolute Gasteiger partial charge is 0.186 e. The van der Waals surface area contributed by atoms with Crippen LogP contribution in [0.15, 0.2) is 0 Å². The highest BCUT2D eigenvalue weighted by atomic mass is 16.8. The van der Waals surface area contributed by atoms with E-state index in [1.54, 1.807) is 0 Å². The Bertz CT molecular complexity index is 203. The zero-order valence-electron chi connectivity index (χ0n) is 7.53. The minimum atomic E-state index is -0.871. The van der Waals surface area contributed by atoms with Crippen molar-refractivity contribution >= 4 is 0 Å². The van der Waals surface area contributed by atoms with Crippen LogP contribution in [0.5, 0.6) is 0 Å². The predicted molar refractivity (Wildman–Crippen MR) is 40.4 cm³/mol. The summed E-state index contributed by atoms with van der Waals surface area (Å²) in [5.41, 5.74) is -0.691. The Kier molecular flexibility index (Phi) is 1.55. The molecule has 0 aromatic rings. The van der Waals surface area contributed by atoms with E-state index in [1.165, 1.54) is 0 Å². The summed E-state index contributed by atoms with van der Waals surface area (Å²) in [6, 6.07) is 0. The summed E-state index contributed by atoms with van der Waals surface area (Å²) in [6.45, 7) is 5.89. The van der Waals surface area contributed by atoms with E-state index in [9.17, 15) is 5.11 Å². The average molecular weight is 174 g/mol. The SMILES string of the molecule is CC1(C)O[C@@H]2COC(O)[C@]2(C)O1. The van der Waals surface area contributed by atoms with E-state index in [4.69, 9.17) is 14.2 Å². The lowest BCUT2D eigenvalue weighted by molar-refractivity contribution is -0.231. The third-order valence-corrected chi connectivity index (χ3v) is 2.43. The predicted octanol–water partition coefficient (Wildman–Crippen LogP) is 0.245. The van der Waals surface area contributed by atoms with Crippen LogP contribution >= 0.6 is 0 Å². The molecule has 0 saturated carbocycles. The highest BCUT2D eigenvalue weighted by Crippen LogP contribution is 2.42. The van der Waals surface area contributed by atoms with E-state index in [-0.39, 0.29) is 6.10 Å². The number of ether oxygens (including phenoxy) is 3. The third-order valence-electron chi connectivity index (χ3n) is 2.43. The Balaban J connectivity index is 2.23. The van der Waals surface area contributed by atoms with Crippen molar-refractivity contribution in [1.82, 2.24) is 0 Å². The molecule has 2 aliphatic heterocycles. The van der Waals surface area contributed by atoms with Gasteiger partial charge in [-0.05, 0) is 20.8 Å². The summed E-state index contributed by atoms with van der Waals surface area (Å²) >= 11 is 0. The summed E-state index contributed by atoms with van der Waals surface area (Å²) < 4.78 is 16.1. The molecule has 2 heterocycles. The molecule has 70 valence electrons. The Morgan fingerprint density at radius 1 is 1.33 bits per heavy atom. The van der Waals surface area contributed by atoms with Gasteiger partial charge in [-0.15, -0.1) is 0 Å². The lowest BCUT2D eigenvalue weighted by atomic mass is 10.0. The second-order valence-electron chi connectivity index (χ2n) is 3.98. The van der Waals surface area contributed by atoms with Gasteiger partial charge in [0.2, 0.25) is 0 Å². The van der Waals surface area contributed by atoms with Crippen LogP contribution in [0.25, 0.3) is 0 Å². The fourth-order valence-electron chi connectivity index (χ4n) is 1.83. The molecule has 12 heavy (non-hydrogen) atoms. The van der Waals surface area contributed by atoms with Crippen molar-refractivity contribution in [2.75, 3.05) is 6.61 Å². The molecule has 0 aliphatic carbocycles. The average Bonchev–Trinajstić information content (AvgIpc) is 2.27. The van der Waals surface area contributed by atoms with Crippen LogP contribution < -0.4 is 0 Å². The van der Waals surface area contributed by atoms with E-state index in [1.807, 2.05) is 20.8 Å². The van der Waals surface area contributed by atoms with Crippen molar-refractivity contribution in [3.63, 3.8) is 0 Å². The van der Waals surface area contributed by atoms with Crippen LogP contribution in [-0.2, 0) is 14.2 Å². The normalized spacial score (nSPS) is 51.0. The number of fused-ring (bicyclic) bond motifs is 1. The summed E-state index contributed by atoms with van der Waals surface area (Å²) in [4.78, 5) is 0. The summed E-state index contributed by atoms with van der Waals surface area (Å²) in [5, 5.41) is 9.46. The molecule has 0 spiro atoms. The molecule has 1 N–H and O–H groups in total. The van der Waals surface area contributed by atoms with Gasteiger partial charge < -0.3 is 19.3 Å². The Hall–Kier alpha value is -0.160. The molecule has 0 aromatic heterocycles. The molecule has 0 aromatic carbocycles. The Morgan fingerprint density at radius 3 is 2.58 bits per heavy atom. The van der Waals surface area contributed by atoms with Gasteiger partial charge in [-0.1, -0.05) is 0 Å². The first-order valence-corrected chi connectivity index (χ1v) is 4.12. The molecule has 2 fully saturated rings. The molecule has 3 atom stereocenters. The minimum Gasteiger partial charge on any atom is -0.366 e. The maximum absolute atomic E-state index is 9.46. The van der Waals surface area contributed by atoms with Crippen LogP contribution in [-0.4, -0.2) is 35.5 Å². The van der Waals surface area contributed by atoms with Crippen LogP contribution in [0, 0.1) is 0 Å². The molecule has 0 radical (unpaired) electrons. The monoisotopic (exact) mass is 174 g/mol. The lowest BCUT2D eigenvalue weighted by Crippen LogP contribution is -2.42. The Morgan fingerprint density at radius 2 is 2.00 bits per heavy atom. The van der Waals surface area contributed by atoms with Crippen LogP contribution in [0.3, 0.4) is 0 Å². The molecule has 0 bridgehead atoms. The van der Waals surface area contributed by atoms with Crippen molar-refractivity contribution in [3.05, 3.63) is 0 Å². The van der Waals surface area contributed by atoms with Crippen LogP contribution in [0.4, 0.5) is 0 Å². The molecule has 4 nitrogen and oxygen atoms in total. The first-order valence-electron chi connectivity index (χ1n) is 4.12. The van der Waals surface area contributed by atoms with Crippen LogP contribution in [0.1, 0.15) is 20.8 Å². The first-order chi connectivity index (χ1) is 5.44. The molecule has 0 amide bonds. The second-order valence-corrected chi connectivity index (χ2v) is 3.98. The summed E-state index contributed by atoms with van der Waals surface area (Å²) in [6.07, 6.45) is -1.02. The maximum atomic E-state index is 9.46. The zero-order valence-corrected chi connectivity index (χ0v) is 7.53. The molecule has 2 aliphatic rings. The van der Waals surface area contributed by atoms with Gasteiger partial charge in [-0.3, -0.25) is 0 Å². The number of aliphatic hydroxyl groups excluding tert-OH is 1. The summed E-state index contributed by atoms with van der Waals surface area (Å²) in [7, 11) is 0. The number of hydrogen-bond acceptors (Lipinski definition) is 4. The summed E-state index contributed by atoms with van der Waals surface area (Å²) in [5.74, 6) is -0.607. The van der Waals surface area contributed by atoms with Crippen molar-refractivity contribution < 1.29 is 19.3 Å². The van der Waals surface area contributed by atoms with E-state index < -0.39 is 17.7 Å². The van der Waals surface area contributed by atoms with Gasteiger partial charge in [0.1, 0.15) is 11.7 Å². The van der Waals surface area contributed by atoms with Crippen molar-refractivity contribution in [2.45, 2.75) is 44.6 Å². The first kappa shape index (κ1) is 8.44. The minimum absolute atomic E-state index is 0.150. The molecule has 1 unspecified atom stereocenters. The standard InChI is InChI=1S/C8H14O4/c1-7(2)11-5-4-10-6(9)8(5,3)12-7/h5-6,9H,4H2,1-3H3/t5-,6?,8-/m1/s1. The molecule has 2 saturated heterocycles. The molecular weight excluding hydrogens is 160 g/mol. The molecule has 4 heteroatoms. The van der Waals surface area contributed by atoms with Gasteiger partial charge in [0, 0.05) is 0 Å². The largest absolute Gasteiger partial charge is 0.366 e. The highest BCUT2D eigenvalue weighted by molar-refractivity contribution is 4.99. The Labute approximate surface area is 71.4 Å². The van der Waals surface area contributed by atoms with E-state index >= 15 is 0 Å². The number of aliphatic hydroxyl groups is 1. The van der Waals surface area contributed by atoms with Gasteiger partial charge in [0.05, 0.1) is 6.61 Å². The second kappa shape index (κ2) is 2.20. The van der Waals surface area contributed by atoms with E-state index in [0.717, 1.165) is 0 Å². The van der Waals surface area contributed by atoms with Crippen LogP contribution in [0.2, 0.25) is 0 Å². The van der Waals surface area contributed by atoms with Crippen molar-refractivity contribution in [1.29, 1.82) is 0 Å². The fraction of sp³-hybridized carbons (Fsp3) is 1.00. The molecule has 2 rings (SSSR count). The van der Waals surface area contributed by atoms with Crippen molar-refractivity contribution in [3.8, 4) is 0 Å². The fourth-order valence-corrected chi connectivity index (χ4v) is 1.83. The maximum Gasteiger partial charge on any atom is 0.186 e. The third kappa shape index (κ3) is 0.992. The van der Waals surface area contributed by atoms with E-state index in [2.05, 4.69) is 0 Å². The van der Waals surface area contributed by atoms with Gasteiger partial charge in [0.15, 0.2) is 12.1 Å². The van der Waals surface area contributed by atoms with Gasteiger partial charge >= 0.3 is 0 Å². The van der Waals surface area contributed by atoms with Gasteiger partial charge in [-0.2, -0.15) is 0 Å². The topological polar surface area (TPSA) is 47.9 Å².